The molecular formula is C22H46INO2S2. The molecule has 0 aliphatic carbocycles. The molecule has 170 valence electrons. The Morgan fingerprint density at radius 1 is 0.821 bits per heavy atom. The van der Waals surface area contributed by atoms with Crippen molar-refractivity contribution in [1.29, 1.82) is 0 Å². The molecule has 0 aliphatic rings. The van der Waals surface area contributed by atoms with Gasteiger partial charge in [-0.25, -0.2) is 0 Å². The van der Waals surface area contributed by atoms with E-state index in [2.05, 4.69) is 45.2 Å². The third-order valence-corrected chi connectivity index (χ3v) is 7.24. The minimum absolute atomic E-state index is 0.467. The smallest absolute Gasteiger partial charge is 0.0661 e. The van der Waals surface area contributed by atoms with E-state index in [0.29, 0.717) is 6.10 Å². The Labute approximate surface area is 196 Å². The van der Waals surface area contributed by atoms with E-state index in [0.717, 1.165) is 6.61 Å². The highest BCUT2D eigenvalue weighted by molar-refractivity contribution is 14.2. The van der Waals surface area contributed by atoms with Gasteiger partial charge in [0.05, 0.1) is 21.9 Å². The highest BCUT2D eigenvalue weighted by Gasteiger charge is 2.06. The van der Waals surface area contributed by atoms with Crippen molar-refractivity contribution >= 4 is 42.2 Å². The molecule has 1 N–H and O–H groups in total. The second-order valence-corrected chi connectivity index (χ2v) is 10.2. The first-order valence-corrected chi connectivity index (χ1v) is 16.0. The predicted octanol–water partition coefficient (Wildman–Crippen LogP) is 7.82. The first-order chi connectivity index (χ1) is 13.8. The second-order valence-electron chi connectivity index (χ2n) is 7.60. The molecule has 0 aromatic carbocycles. The summed E-state index contributed by atoms with van der Waals surface area (Å²) in [6.07, 6.45) is 19.0. The van der Waals surface area contributed by atoms with Crippen molar-refractivity contribution in [3.05, 3.63) is 0 Å². The summed E-state index contributed by atoms with van der Waals surface area (Å²) in [6.45, 7) is 5.55. The van der Waals surface area contributed by atoms with Crippen LogP contribution in [-0.4, -0.2) is 44.4 Å². The molecule has 1 unspecified atom stereocenters. The molecule has 0 saturated carbocycles. The van der Waals surface area contributed by atoms with Gasteiger partial charge in [0, 0.05) is 34.1 Å². The SMILES string of the molecule is CCCCCCC(CSCCCCCCNCCCCCCCOSI)OC. The van der Waals surface area contributed by atoms with Crippen LogP contribution in [0.5, 0.6) is 0 Å². The summed E-state index contributed by atoms with van der Waals surface area (Å²) in [5.74, 6) is 2.47. The van der Waals surface area contributed by atoms with Crippen LogP contribution in [0.4, 0.5) is 0 Å². The summed E-state index contributed by atoms with van der Waals surface area (Å²) in [4.78, 5) is 0. The van der Waals surface area contributed by atoms with Crippen molar-refractivity contribution in [3.8, 4) is 0 Å². The molecule has 0 amide bonds. The van der Waals surface area contributed by atoms with Crippen molar-refractivity contribution in [2.75, 3.05) is 38.3 Å². The lowest BCUT2D eigenvalue weighted by Crippen LogP contribution is -2.16. The fraction of sp³-hybridized carbons (Fsp3) is 1.00. The summed E-state index contributed by atoms with van der Waals surface area (Å²) < 4.78 is 10.9. The molecule has 6 heteroatoms. The van der Waals surface area contributed by atoms with Crippen LogP contribution in [0, 0.1) is 0 Å². The summed E-state index contributed by atoms with van der Waals surface area (Å²) >= 11 is 4.26. The van der Waals surface area contributed by atoms with Gasteiger partial charge in [0.25, 0.3) is 0 Å². The maximum Gasteiger partial charge on any atom is 0.0661 e. The lowest BCUT2D eigenvalue weighted by atomic mass is 10.1. The van der Waals surface area contributed by atoms with Gasteiger partial charge in [-0.2, -0.15) is 11.8 Å². The van der Waals surface area contributed by atoms with Crippen LogP contribution >= 0.6 is 42.2 Å². The zero-order chi connectivity index (χ0) is 20.5. The number of hydrogen-bond acceptors (Lipinski definition) is 5. The van der Waals surface area contributed by atoms with Crippen molar-refractivity contribution in [2.45, 2.75) is 103 Å². The average Bonchev–Trinajstić information content (AvgIpc) is 2.71. The first-order valence-electron chi connectivity index (χ1n) is 11.6. The van der Waals surface area contributed by atoms with Gasteiger partial charge in [-0.1, -0.05) is 64.7 Å². The predicted molar refractivity (Wildman–Crippen MR) is 139 cm³/mol. The Kier molecular flexibility index (Phi) is 27.6. The lowest BCUT2D eigenvalue weighted by Gasteiger charge is -2.14. The molecule has 0 aromatic rings. The average molecular weight is 548 g/mol. The molecule has 0 radical (unpaired) electrons. The molecule has 0 fully saturated rings. The van der Waals surface area contributed by atoms with Crippen LogP contribution in [0.15, 0.2) is 0 Å². The van der Waals surface area contributed by atoms with E-state index in [1.807, 2.05) is 7.11 Å². The van der Waals surface area contributed by atoms with Crippen molar-refractivity contribution in [3.63, 3.8) is 0 Å². The molecule has 0 spiro atoms. The minimum atomic E-state index is 0.467. The summed E-state index contributed by atoms with van der Waals surface area (Å²) in [5.41, 5.74) is 0. The van der Waals surface area contributed by atoms with E-state index in [9.17, 15) is 0 Å². The van der Waals surface area contributed by atoms with E-state index >= 15 is 0 Å². The van der Waals surface area contributed by atoms with Crippen LogP contribution in [0.1, 0.15) is 96.8 Å². The highest BCUT2D eigenvalue weighted by Crippen LogP contribution is 2.15. The Bertz CT molecular complexity index is 289. The maximum atomic E-state index is 5.62. The largest absolute Gasteiger partial charge is 0.381 e. The lowest BCUT2D eigenvalue weighted by molar-refractivity contribution is 0.112. The van der Waals surface area contributed by atoms with Crippen molar-refractivity contribution < 1.29 is 8.92 Å². The van der Waals surface area contributed by atoms with E-state index in [1.54, 1.807) is 0 Å². The molecule has 0 saturated heterocycles. The number of rotatable bonds is 24. The van der Waals surface area contributed by atoms with Gasteiger partial charge in [0.1, 0.15) is 0 Å². The van der Waals surface area contributed by atoms with Crippen LogP contribution < -0.4 is 5.32 Å². The number of halogens is 1. The molecule has 1 atom stereocenters. The maximum absolute atomic E-state index is 5.62. The molecular weight excluding hydrogens is 501 g/mol. The van der Waals surface area contributed by atoms with Crippen LogP contribution in [0.2, 0.25) is 0 Å². The third kappa shape index (κ3) is 23.6. The standard InChI is InChI=1S/C22H46INO2S2/c1-3-4-5-11-16-22(25-2)21-27-20-15-10-8-13-18-24-17-12-7-6-9-14-19-26-28-23/h22,24H,3-21H2,1-2H3. The van der Waals surface area contributed by atoms with Gasteiger partial charge in [0.2, 0.25) is 0 Å². The van der Waals surface area contributed by atoms with Crippen molar-refractivity contribution in [1.82, 2.24) is 5.32 Å². The molecule has 28 heavy (non-hydrogen) atoms. The molecule has 0 aliphatic heterocycles. The fourth-order valence-electron chi connectivity index (χ4n) is 3.19. The number of thioether (sulfide) groups is 1. The monoisotopic (exact) mass is 547 g/mol. The van der Waals surface area contributed by atoms with Crippen LogP contribution in [0.3, 0.4) is 0 Å². The topological polar surface area (TPSA) is 30.5 Å². The highest BCUT2D eigenvalue weighted by atomic mass is 127. The quantitative estimate of drug-likeness (QED) is 0.0756. The van der Waals surface area contributed by atoms with Crippen molar-refractivity contribution in [2.24, 2.45) is 0 Å². The number of methoxy groups -OCH3 is 1. The third-order valence-electron chi connectivity index (χ3n) is 5.03. The minimum Gasteiger partial charge on any atom is -0.381 e. The normalized spacial score (nSPS) is 12.5. The van der Waals surface area contributed by atoms with E-state index in [1.165, 1.54) is 124 Å². The van der Waals surface area contributed by atoms with Gasteiger partial charge < -0.3 is 14.2 Å². The fourth-order valence-corrected chi connectivity index (χ4v) is 5.05. The number of hydrogen-bond donors (Lipinski definition) is 1. The van der Waals surface area contributed by atoms with E-state index in [-0.39, 0.29) is 0 Å². The Hall–Kier alpha value is 1.31. The summed E-state index contributed by atoms with van der Waals surface area (Å²) in [7, 11) is 3.32. The van der Waals surface area contributed by atoms with Gasteiger partial charge >= 0.3 is 0 Å². The van der Waals surface area contributed by atoms with Crippen LogP contribution in [-0.2, 0) is 8.92 Å². The second kappa shape index (κ2) is 26.3. The number of ether oxygens (including phenoxy) is 1. The van der Waals surface area contributed by atoms with E-state index < -0.39 is 0 Å². The molecule has 0 aromatic heterocycles. The number of unbranched alkanes of at least 4 members (excludes halogenated alkanes) is 10. The summed E-state index contributed by atoms with van der Waals surface area (Å²) in [5, 5.41) is 3.60. The van der Waals surface area contributed by atoms with Gasteiger partial charge in [-0.3, -0.25) is 0 Å². The van der Waals surface area contributed by atoms with Gasteiger partial charge in [-0.15, -0.1) is 0 Å². The number of nitrogens with one attached hydrogen (secondary N) is 1. The Morgan fingerprint density at radius 2 is 1.46 bits per heavy atom. The Morgan fingerprint density at radius 3 is 2.14 bits per heavy atom. The van der Waals surface area contributed by atoms with Crippen LogP contribution in [0.25, 0.3) is 0 Å². The van der Waals surface area contributed by atoms with Gasteiger partial charge in [0.15, 0.2) is 0 Å². The molecule has 0 heterocycles. The first kappa shape index (κ1) is 29.3. The molecule has 3 nitrogen and oxygen atoms in total. The zero-order valence-electron chi connectivity index (χ0n) is 18.5. The zero-order valence-corrected chi connectivity index (χ0v) is 22.3. The Balaban J connectivity index is 3.16. The van der Waals surface area contributed by atoms with E-state index in [4.69, 9.17) is 8.92 Å². The molecule has 0 bridgehead atoms. The molecule has 0 rings (SSSR count). The van der Waals surface area contributed by atoms with Gasteiger partial charge in [-0.05, 0) is 50.9 Å². The summed E-state index contributed by atoms with van der Waals surface area (Å²) in [6, 6.07) is 0.